The Morgan fingerprint density at radius 2 is 1.82 bits per heavy atom. The third-order valence-electron chi connectivity index (χ3n) is 6.30. The van der Waals surface area contributed by atoms with Crippen LogP contribution in [0.1, 0.15) is 41.5 Å². The molecule has 0 bridgehead atoms. The number of guanidine groups is 1. The Balaban J connectivity index is 2.29. The number of benzene rings is 1. The van der Waals surface area contributed by atoms with Gasteiger partial charge in [0.15, 0.2) is 0 Å². The summed E-state index contributed by atoms with van der Waals surface area (Å²) in [6, 6.07) is 6.07. The first kappa shape index (κ1) is 29.7. The number of aliphatic imine (C=N–C) groups is 1. The highest BCUT2D eigenvalue weighted by Gasteiger charge is 2.54. The fourth-order valence-corrected chi connectivity index (χ4v) is 5.59. The second-order valence-corrected chi connectivity index (χ2v) is 12.2. The summed E-state index contributed by atoms with van der Waals surface area (Å²) in [5, 5.41) is 29.1. The van der Waals surface area contributed by atoms with Crippen molar-refractivity contribution in [2.24, 2.45) is 22.7 Å². The molecule has 9 nitrogen and oxygen atoms in total. The fourth-order valence-electron chi connectivity index (χ4n) is 4.81. The van der Waals surface area contributed by atoms with E-state index in [1.807, 2.05) is 11.2 Å². The first-order valence-electron chi connectivity index (χ1n) is 12.6. The molecule has 1 aromatic rings. The van der Waals surface area contributed by atoms with Gasteiger partial charge in [-0.3, -0.25) is 5.01 Å². The Bertz CT molecular complexity index is 1260. The van der Waals surface area contributed by atoms with Crippen LogP contribution in [0.5, 0.6) is 0 Å². The molecule has 0 spiro atoms. The van der Waals surface area contributed by atoms with Gasteiger partial charge in [-0.2, -0.15) is 13.7 Å². The van der Waals surface area contributed by atoms with Crippen molar-refractivity contribution in [2.45, 2.75) is 59.3 Å². The molecule has 2 N–H and O–H groups in total. The van der Waals surface area contributed by atoms with Crippen molar-refractivity contribution < 1.29 is 18.3 Å². The van der Waals surface area contributed by atoms with Crippen LogP contribution in [0.4, 0.5) is 5.69 Å². The molecule has 0 amide bonds. The third kappa shape index (κ3) is 6.77. The summed E-state index contributed by atoms with van der Waals surface area (Å²) in [6.07, 6.45) is 5.59. The van der Waals surface area contributed by atoms with Gasteiger partial charge in [0.05, 0.1) is 16.8 Å². The second kappa shape index (κ2) is 12.3. The number of fused-ring (bicyclic) bond motifs is 1. The van der Waals surface area contributed by atoms with E-state index in [-0.39, 0.29) is 22.7 Å². The molecule has 0 aromatic heterocycles. The number of ether oxygens (including phenoxy) is 1. The summed E-state index contributed by atoms with van der Waals surface area (Å²) in [5.74, 6) is 0.160. The Morgan fingerprint density at radius 3 is 2.34 bits per heavy atom. The van der Waals surface area contributed by atoms with E-state index in [2.05, 4.69) is 38.0 Å². The molecular weight excluding hydrogens is 526 g/mol. The van der Waals surface area contributed by atoms with Gasteiger partial charge in [0, 0.05) is 23.8 Å². The van der Waals surface area contributed by atoms with E-state index in [0.717, 1.165) is 0 Å². The number of hydrogen-bond donors (Lipinski definition) is 2. The minimum Gasteiger partial charge on any atom is -0.489 e. The van der Waals surface area contributed by atoms with Crippen LogP contribution in [0.25, 0.3) is 0 Å². The molecule has 0 saturated carbocycles. The zero-order valence-corrected chi connectivity index (χ0v) is 24.2. The summed E-state index contributed by atoms with van der Waals surface area (Å²) in [6.45, 7) is 12.9. The predicted molar refractivity (Wildman–Crippen MR) is 151 cm³/mol. The number of hydrazine groups is 1. The van der Waals surface area contributed by atoms with Crippen LogP contribution in [0.15, 0.2) is 53.2 Å². The maximum atomic E-state index is 12.4. The lowest BCUT2D eigenvalue weighted by Gasteiger charge is -2.53. The van der Waals surface area contributed by atoms with Gasteiger partial charge < -0.3 is 15.2 Å². The molecule has 1 aliphatic carbocycles. The first-order chi connectivity index (χ1) is 17.9. The quantitative estimate of drug-likeness (QED) is 0.168. The van der Waals surface area contributed by atoms with Gasteiger partial charge in [-0.15, -0.1) is 4.99 Å². The van der Waals surface area contributed by atoms with E-state index in [9.17, 15) is 18.8 Å². The van der Waals surface area contributed by atoms with Crippen molar-refractivity contribution in [2.75, 3.05) is 18.4 Å². The zero-order valence-electron chi connectivity index (χ0n) is 22.6. The molecule has 3 rings (SSSR count). The monoisotopic (exact) mass is 561 g/mol. The van der Waals surface area contributed by atoms with Gasteiger partial charge in [-0.25, -0.2) is 5.01 Å². The molecule has 3 atom stereocenters. The van der Waals surface area contributed by atoms with Crippen LogP contribution in [0, 0.1) is 29.2 Å². The van der Waals surface area contributed by atoms with Gasteiger partial charge in [-0.05, 0) is 62.1 Å². The summed E-state index contributed by atoms with van der Waals surface area (Å²) >= 11 is 6.08. The lowest BCUT2D eigenvalue weighted by Crippen LogP contribution is -2.68. The molecule has 1 aromatic carbocycles. The molecule has 206 valence electrons. The Hall–Kier alpha value is -2.84. The average Bonchev–Trinajstić information content (AvgIpc) is 2.81. The van der Waals surface area contributed by atoms with Crippen LogP contribution in [-0.2, 0) is 15.0 Å². The number of anilines is 1. The Labute approximate surface area is 231 Å². The molecule has 0 radical (unpaired) electrons. The van der Waals surface area contributed by atoms with Gasteiger partial charge in [0.2, 0.25) is 22.4 Å². The van der Waals surface area contributed by atoms with Crippen LogP contribution < -0.4 is 5.32 Å². The normalized spacial score (nSPS) is 22.6. The van der Waals surface area contributed by atoms with Crippen molar-refractivity contribution in [1.82, 2.24) is 10.0 Å². The number of hydrogen-bond acceptors (Lipinski definition) is 7. The van der Waals surface area contributed by atoms with E-state index in [4.69, 9.17) is 16.3 Å². The number of nitriles is 1. The second-order valence-electron chi connectivity index (χ2n) is 10.9. The zero-order chi connectivity index (χ0) is 28.2. The maximum Gasteiger partial charge on any atom is 0.229 e. The Kier molecular flexibility index (Phi) is 9.65. The number of rotatable bonds is 7. The van der Waals surface area contributed by atoms with E-state index in [1.165, 1.54) is 6.08 Å². The number of nitrogens with one attached hydrogen (secondary N) is 1. The number of nitrogens with zero attached hydrogens (tertiary/aromatic N) is 4. The SMILES string of the molecule is CC(C)CN(CC(C)C)N(C(=NC#N)Nc1ccc(Cl)cc1)C1C2C(=CC=CC2=S(=O)=O)OC(C)(C)C1O. The number of aliphatic hydroxyl groups excluding tert-OH is 1. The van der Waals surface area contributed by atoms with Crippen molar-refractivity contribution in [3.8, 4) is 6.19 Å². The van der Waals surface area contributed by atoms with Crippen LogP contribution >= 0.6 is 11.6 Å². The van der Waals surface area contributed by atoms with E-state index >= 15 is 0 Å². The van der Waals surface area contributed by atoms with E-state index in [1.54, 1.807) is 55.3 Å². The van der Waals surface area contributed by atoms with Gasteiger partial charge >= 0.3 is 0 Å². The molecule has 38 heavy (non-hydrogen) atoms. The van der Waals surface area contributed by atoms with Gasteiger partial charge in [0.1, 0.15) is 17.5 Å². The van der Waals surface area contributed by atoms with Crippen molar-refractivity contribution in [3.05, 3.63) is 53.3 Å². The molecule has 1 aliphatic heterocycles. The Morgan fingerprint density at radius 1 is 1.21 bits per heavy atom. The average molecular weight is 562 g/mol. The molecule has 1 heterocycles. The molecule has 1 saturated heterocycles. The predicted octanol–water partition coefficient (Wildman–Crippen LogP) is 4.08. The van der Waals surface area contributed by atoms with Gasteiger partial charge in [0.25, 0.3) is 0 Å². The van der Waals surface area contributed by atoms with E-state index < -0.39 is 34.0 Å². The standard InChI is InChI=1S/C27H36ClN5O4S/c1-17(2)14-32(15-18(3)4)33(26(30-16-29)31-20-12-10-19(28)11-13-20)24-23-21(37-27(5,6)25(24)34)8-7-9-22(23)38(35)36/h7-13,17-18,23-25,34H,14-15H2,1-6H3,(H,30,31). The minimum atomic E-state index is -2.58. The number of aliphatic hydroxyl groups is 1. The molecule has 2 aliphatic rings. The van der Waals surface area contributed by atoms with E-state index in [0.29, 0.717) is 29.6 Å². The largest absolute Gasteiger partial charge is 0.489 e. The highest BCUT2D eigenvalue weighted by atomic mass is 35.5. The molecular formula is C27H36ClN5O4S. The van der Waals surface area contributed by atoms with Crippen LogP contribution in [0.2, 0.25) is 5.02 Å². The van der Waals surface area contributed by atoms with Gasteiger partial charge in [-0.1, -0.05) is 45.4 Å². The van der Waals surface area contributed by atoms with Crippen molar-refractivity contribution >= 4 is 38.4 Å². The molecule has 11 heteroatoms. The highest BCUT2D eigenvalue weighted by Crippen LogP contribution is 2.41. The highest BCUT2D eigenvalue weighted by molar-refractivity contribution is 7.73. The maximum absolute atomic E-state index is 12.4. The topological polar surface area (TPSA) is 118 Å². The summed E-state index contributed by atoms with van der Waals surface area (Å²) in [5.41, 5.74) is -0.440. The molecule has 1 fully saturated rings. The number of allylic oxidation sites excluding steroid dienone is 3. The van der Waals surface area contributed by atoms with Crippen molar-refractivity contribution in [3.63, 3.8) is 0 Å². The molecule has 3 unspecified atom stereocenters. The van der Waals surface area contributed by atoms with Crippen LogP contribution in [-0.4, -0.2) is 65.2 Å². The van der Waals surface area contributed by atoms with Crippen LogP contribution in [0.3, 0.4) is 0 Å². The minimum absolute atomic E-state index is 0.0869. The first-order valence-corrected chi connectivity index (χ1v) is 14.1. The lowest BCUT2D eigenvalue weighted by atomic mass is 9.78. The fraction of sp³-hybridized carbons (Fsp3) is 0.519. The summed E-state index contributed by atoms with van der Waals surface area (Å²) in [7, 11) is -2.58. The third-order valence-corrected chi connectivity index (χ3v) is 7.32. The van der Waals surface area contributed by atoms with Crippen molar-refractivity contribution in [1.29, 1.82) is 5.26 Å². The smallest absolute Gasteiger partial charge is 0.229 e. The number of halogens is 1. The summed E-state index contributed by atoms with van der Waals surface area (Å²) < 4.78 is 30.9. The summed E-state index contributed by atoms with van der Waals surface area (Å²) in [4.78, 5) is 4.24. The lowest BCUT2D eigenvalue weighted by molar-refractivity contribution is -0.169.